The molecule has 0 spiro atoms. The van der Waals surface area contributed by atoms with Crippen molar-refractivity contribution in [2.75, 3.05) is 0 Å². The Hall–Kier alpha value is -1.95. The number of aromatic nitrogens is 3. The van der Waals surface area contributed by atoms with Crippen LogP contribution in [0.5, 0.6) is 0 Å². The molecule has 0 fully saturated rings. The molecule has 0 saturated carbocycles. The van der Waals surface area contributed by atoms with Crippen LogP contribution in [0.2, 0.25) is 0 Å². The molecule has 0 amide bonds. The lowest BCUT2D eigenvalue weighted by molar-refractivity contribution is -0.688. The first-order valence-corrected chi connectivity index (χ1v) is 5.06. The van der Waals surface area contributed by atoms with E-state index in [1.165, 1.54) is 4.68 Å². The van der Waals surface area contributed by atoms with Gasteiger partial charge in [-0.3, -0.25) is 0 Å². The van der Waals surface area contributed by atoms with Crippen molar-refractivity contribution in [3.05, 3.63) is 47.0 Å². The Bertz CT molecular complexity index is 570. The number of benzene rings is 1. The number of rotatable bonds is 2. The topological polar surface area (TPSA) is 60.0 Å². The highest BCUT2D eigenvalue weighted by Crippen LogP contribution is 1.96. The Labute approximate surface area is 97.3 Å². The fourth-order valence-electron chi connectivity index (χ4n) is 1.26. The smallest absolute Gasteiger partial charge is 0.347 e. The number of hydrogen-bond donors (Lipinski definition) is 1. The van der Waals surface area contributed by atoms with Gasteiger partial charge in [0, 0.05) is 18.1 Å². The van der Waals surface area contributed by atoms with Crippen LogP contribution in [0.25, 0.3) is 0 Å². The predicted molar refractivity (Wildman–Crippen MR) is 59.2 cm³/mol. The first-order valence-electron chi connectivity index (χ1n) is 4.65. The molecule has 0 aliphatic carbocycles. The van der Waals surface area contributed by atoms with Crippen LogP contribution in [0.3, 0.4) is 0 Å². The van der Waals surface area contributed by atoms with Crippen LogP contribution in [-0.2, 0) is 7.05 Å². The zero-order valence-electron chi connectivity index (χ0n) is 8.62. The van der Waals surface area contributed by atoms with Gasteiger partial charge in [-0.1, -0.05) is 35.0 Å². The Balaban J connectivity index is 2.39. The fraction of sp³-hybridized carbons (Fsp3) is 0.100. The third-order valence-electron chi connectivity index (χ3n) is 1.98. The molecular weight excluding hydrogens is 224 g/mol. The van der Waals surface area contributed by atoms with E-state index in [9.17, 15) is 5.11 Å². The zero-order valence-corrected chi connectivity index (χ0v) is 9.44. The summed E-state index contributed by atoms with van der Waals surface area (Å²) in [6.07, 6.45) is 1.60. The SMILES string of the molecule is Cn1c[n+](/N=C(\[O-])c2ccccc2)c(=S)[nH]1. The van der Waals surface area contributed by atoms with Crippen molar-refractivity contribution in [3.63, 3.8) is 0 Å². The van der Waals surface area contributed by atoms with Gasteiger partial charge < -0.3 is 5.11 Å². The number of aromatic amines is 1. The first kappa shape index (κ1) is 10.6. The molecule has 0 aliphatic heterocycles. The molecule has 2 rings (SSSR count). The molecule has 82 valence electrons. The molecule has 16 heavy (non-hydrogen) atoms. The lowest BCUT2D eigenvalue weighted by Gasteiger charge is -2.07. The van der Waals surface area contributed by atoms with E-state index in [1.54, 1.807) is 42.3 Å². The van der Waals surface area contributed by atoms with Crippen LogP contribution in [0, 0.1) is 4.77 Å². The highest BCUT2D eigenvalue weighted by molar-refractivity contribution is 7.71. The third-order valence-corrected chi connectivity index (χ3v) is 2.26. The molecule has 1 N–H and O–H groups in total. The van der Waals surface area contributed by atoms with Gasteiger partial charge in [0.2, 0.25) is 6.33 Å². The van der Waals surface area contributed by atoms with Gasteiger partial charge in [0.05, 0.1) is 7.05 Å². The molecular formula is C10H10N4OS. The van der Waals surface area contributed by atoms with Gasteiger partial charge in [0.1, 0.15) is 0 Å². The quantitative estimate of drug-likeness (QED) is 0.342. The second kappa shape index (κ2) is 4.28. The molecule has 6 heteroatoms. The molecule has 5 nitrogen and oxygen atoms in total. The summed E-state index contributed by atoms with van der Waals surface area (Å²) in [5.74, 6) is -0.323. The Morgan fingerprint density at radius 1 is 1.44 bits per heavy atom. The maximum atomic E-state index is 11.7. The van der Waals surface area contributed by atoms with Crippen molar-refractivity contribution in [3.8, 4) is 0 Å². The van der Waals surface area contributed by atoms with Gasteiger partial charge in [-0.15, -0.1) is 10.2 Å². The van der Waals surface area contributed by atoms with Gasteiger partial charge in [0.25, 0.3) is 0 Å². The maximum absolute atomic E-state index is 11.7. The van der Waals surface area contributed by atoms with Gasteiger partial charge in [-0.05, 0) is 5.56 Å². The van der Waals surface area contributed by atoms with E-state index in [0.717, 1.165) is 0 Å². The van der Waals surface area contributed by atoms with E-state index in [-0.39, 0.29) is 5.90 Å². The van der Waals surface area contributed by atoms with E-state index >= 15 is 0 Å². The molecule has 1 aromatic heterocycles. The zero-order chi connectivity index (χ0) is 11.5. The maximum Gasteiger partial charge on any atom is 0.347 e. The van der Waals surface area contributed by atoms with Crippen LogP contribution < -0.4 is 9.78 Å². The molecule has 1 aromatic carbocycles. The van der Waals surface area contributed by atoms with Crippen molar-refractivity contribution in [1.29, 1.82) is 0 Å². The summed E-state index contributed by atoms with van der Waals surface area (Å²) in [4.78, 5) is 0. The minimum absolute atomic E-state index is 0.323. The summed E-state index contributed by atoms with van der Waals surface area (Å²) >= 11 is 4.98. The van der Waals surface area contributed by atoms with Crippen molar-refractivity contribution < 1.29 is 9.78 Å². The Morgan fingerprint density at radius 2 is 2.12 bits per heavy atom. The van der Waals surface area contributed by atoms with E-state index in [2.05, 4.69) is 10.2 Å². The number of nitrogens with one attached hydrogen (secondary N) is 1. The summed E-state index contributed by atoms with van der Waals surface area (Å²) in [5.41, 5.74) is 0.535. The average Bonchev–Trinajstić information content (AvgIpc) is 2.59. The van der Waals surface area contributed by atoms with Crippen molar-refractivity contribution in [1.82, 2.24) is 9.78 Å². The van der Waals surface area contributed by atoms with Gasteiger partial charge in [-0.25, -0.2) is 0 Å². The molecule has 0 saturated heterocycles. The molecule has 0 radical (unpaired) electrons. The first-order chi connectivity index (χ1) is 7.66. The number of aryl methyl sites for hydroxylation is 1. The van der Waals surface area contributed by atoms with Crippen molar-refractivity contribution in [2.45, 2.75) is 0 Å². The van der Waals surface area contributed by atoms with Crippen LogP contribution in [-0.4, -0.2) is 15.7 Å². The second-order valence-electron chi connectivity index (χ2n) is 3.26. The lowest BCUT2D eigenvalue weighted by atomic mass is 10.2. The minimum Gasteiger partial charge on any atom is -0.856 e. The number of H-pyrrole nitrogens is 1. The van der Waals surface area contributed by atoms with Gasteiger partial charge >= 0.3 is 4.77 Å². The largest absolute Gasteiger partial charge is 0.856 e. The van der Waals surface area contributed by atoms with Gasteiger partial charge in [-0.2, -0.15) is 4.68 Å². The summed E-state index contributed by atoms with van der Waals surface area (Å²) in [5, 5.41) is 18.4. The third kappa shape index (κ3) is 2.17. The summed E-state index contributed by atoms with van der Waals surface area (Å²) in [6.45, 7) is 0. The van der Waals surface area contributed by atoms with E-state index in [0.29, 0.717) is 10.3 Å². The number of nitrogens with zero attached hydrogens (tertiary/aromatic N) is 3. The van der Waals surface area contributed by atoms with E-state index in [4.69, 9.17) is 12.2 Å². The van der Waals surface area contributed by atoms with Crippen LogP contribution in [0.4, 0.5) is 0 Å². The molecule has 0 unspecified atom stereocenters. The molecule has 1 heterocycles. The predicted octanol–water partition coefficient (Wildman–Crippen LogP) is -0.0596. The second-order valence-corrected chi connectivity index (χ2v) is 3.65. The summed E-state index contributed by atoms with van der Waals surface area (Å²) in [7, 11) is 1.77. The van der Waals surface area contributed by atoms with Crippen LogP contribution >= 0.6 is 12.2 Å². The normalized spacial score (nSPS) is 11.7. The van der Waals surface area contributed by atoms with Crippen LogP contribution in [0.1, 0.15) is 5.56 Å². The lowest BCUT2D eigenvalue weighted by Crippen LogP contribution is -2.33. The van der Waals surface area contributed by atoms with Gasteiger partial charge in [0.15, 0.2) is 0 Å². The molecule has 0 atom stereocenters. The fourth-order valence-corrected chi connectivity index (χ4v) is 1.49. The Kier molecular flexibility index (Phi) is 2.82. The average molecular weight is 234 g/mol. The molecule has 0 bridgehead atoms. The molecule has 0 aliphatic rings. The summed E-state index contributed by atoms with van der Waals surface area (Å²) in [6, 6.07) is 8.85. The van der Waals surface area contributed by atoms with E-state index in [1.807, 2.05) is 6.07 Å². The highest BCUT2D eigenvalue weighted by Gasteiger charge is 2.01. The van der Waals surface area contributed by atoms with Crippen LogP contribution in [0.15, 0.2) is 41.8 Å². The molecule has 2 aromatic rings. The Morgan fingerprint density at radius 3 is 2.69 bits per heavy atom. The summed E-state index contributed by atoms with van der Waals surface area (Å²) < 4.78 is 3.35. The van der Waals surface area contributed by atoms with Crippen molar-refractivity contribution >= 4 is 18.1 Å². The highest BCUT2D eigenvalue weighted by atomic mass is 32.1. The number of hydrogen-bond acceptors (Lipinski definition) is 3. The monoisotopic (exact) mass is 234 g/mol. The standard InChI is InChI=1S/C10H10N4OS/c1-13-7-14(10(16)12-13)11-9(15)8-5-3-2-4-6-8/h2-7H,1H3,(H-,11,12,15,16). The minimum atomic E-state index is -0.323. The van der Waals surface area contributed by atoms with Crippen molar-refractivity contribution in [2.24, 2.45) is 12.1 Å². The van der Waals surface area contributed by atoms with E-state index < -0.39 is 0 Å².